The summed E-state index contributed by atoms with van der Waals surface area (Å²) < 4.78 is 7.09. The highest BCUT2D eigenvalue weighted by molar-refractivity contribution is 7.26. The molecule has 2 N–H and O–H groups in total. The molecule has 0 aromatic carbocycles. The molecule has 4 rings (SSSR count). The minimum atomic E-state index is -0.185. The molecule has 3 aromatic rings. The van der Waals surface area contributed by atoms with E-state index in [2.05, 4.69) is 36.1 Å². The standard InChI is InChI=1S/C19H24N4O2S/c1-4-13-12-9-25-19(2,3)8-11(12)14-15-16(26-18(14)23-13)17(22-10-21-15)20-6-5-7-24/h10,24H,4-9H2,1-3H3,(H,20,21,22). The van der Waals surface area contributed by atoms with Crippen LogP contribution in [0.25, 0.3) is 20.4 Å². The molecule has 4 heterocycles. The predicted octanol–water partition coefficient (Wildman–Crippen LogP) is 3.45. The number of ether oxygens (including phenoxy) is 1. The van der Waals surface area contributed by atoms with Gasteiger partial charge in [0.15, 0.2) is 0 Å². The van der Waals surface area contributed by atoms with Crippen LogP contribution < -0.4 is 5.32 Å². The molecule has 0 fully saturated rings. The number of nitrogens with zero attached hydrogens (tertiary/aromatic N) is 3. The number of aromatic nitrogens is 3. The maximum Gasteiger partial charge on any atom is 0.147 e. The van der Waals surface area contributed by atoms with Gasteiger partial charge in [-0.3, -0.25) is 0 Å². The van der Waals surface area contributed by atoms with Crippen LogP contribution in [0.1, 0.15) is 44.0 Å². The van der Waals surface area contributed by atoms with Gasteiger partial charge in [0.2, 0.25) is 0 Å². The molecule has 3 aromatic heterocycles. The fourth-order valence-corrected chi connectivity index (χ4v) is 4.72. The second kappa shape index (κ2) is 6.72. The molecule has 0 bridgehead atoms. The molecular formula is C19H24N4O2S. The summed E-state index contributed by atoms with van der Waals surface area (Å²) in [4.78, 5) is 15.0. The number of nitrogens with one attached hydrogen (secondary N) is 1. The molecule has 0 saturated heterocycles. The lowest BCUT2D eigenvalue weighted by atomic mass is 9.89. The zero-order chi connectivity index (χ0) is 18.3. The third-order valence-electron chi connectivity index (χ3n) is 4.88. The Morgan fingerprint density at radius 3 is 2.92 bits per heavy atom. The van der Waals surface area contributed by atoms with E-state index in [1.165, 1.54) is 11.1 Å². The Morgan fingerprint density at radius 1 is 1.31 bits per heavy atom. The summed E-state index contributed by atoms with van der Waals surface area (Å²) in [6.07, 6.45) is 4.05. The van der Waals surface area contributed by atoms with Crippen molar-refractivity contribution in [1.82, 2.24) is 15.0 Å². The van der Waals surface area contributed by atoms with Crippen LogP contribution in [0.3, 0.4) is 0 Å². The topological polar surface area (TPSA) is 80.2 Å². The highest BCUT2D eigenvalue weighted by atomic mass is 32.1. The summed E-state index contributed by atoms with van der Waals surface area (Å²) in [6, 6.07) is 0. The number of aliphatic hydroxyl groups is 1. The van der Waals surface area contributed by atoms with Crippen molar-refractivity contribution >= 4 is 37.6 Å². The minimum absolute atomic E-state index is 0.164. The van der Waals surface area contributed by atoms with Gasteiger partial charge in [0, 0.05) is 36.2 Å². The van der Waals surface area contributed by atoms with E-state index in [1.807, 2.05) is 0 Å². The summed E-state index contributed by atoms with van der Waals surface area (Å²) in [7, 11) is 0. The van der Waals surface area contributed by atoms with E-state index in [0.29, 0.717) is 19.6 Å². The second-order valence-corrected chi connectivity index (χ2v) is 8.28. The first-order valence-electron chi connectivity index (χ1n) is 9.10. The number of aryl methyl sites for hydroxylation is 1. The Bertz CT molecular complexity index is 967. The van der Waals surface area contributed by atoms with Gasteiger partial charge >= 0.3 is 0 Å². The van der Waals surface area contributed by atoms with Gasteiger partial charge in [-0.05, 0) is 32.3 Å². The smallest absolute Gasteiger partial charge is 0.147 e. The van der Waals surface area contributed by atoms with Gasteiger partial charge < -0.3 is 15.2 Å². The third-order valence-corrected chi connectivity index (χ3v) is 5.96. The van der Waals surface area contributed by atoms with E-state index >= 15 is 0 Å². The summed E-state index contributed by atoms with van der Waals surface area (Å²) >= 11 is 1.65. The van der Waals surface area contributed by atoms with Gasteiger partial charge in [0.1, 0.15) is 17.0 Å². The fourth-order valence-electron chi connectivity index (χ4n) is 3.58. The molecule has 0 saturated carbocycles. The Morgan fingerprint density at radius 2 is 2.15 bits per heavy atom. The van der Waals surface area contributed by atoms with E-state index in [9.17, 15) is 0 Å². The molecule has 6 nitrogen and oxygen atoms in total. The fraction of sp³-hybridized carbons (Fsp3) is 0.526. The Balaban J connectivity index is 1.94. The molecule has 7 heteroatoms. The van der Waals surface area contributed by atoms with E-state index < -0.39 is 0 Å². The van der Waals surface area contributed by atoms with Crippen LogP contribution in [-0.4, -0.2) is 38.8 Å². The molecule has 0 unspecified atom stereocenters. The van der Waals surface area contributed by atoms with Gasteiger partial charge in [-0.25, -0.2) is 15.0 Å². The Kier molecular flexibility index (Phi) is 4.54. The minimum Gasteiger partial charge on any atom is -0.396 e. The summed E-state index contributed by atoms with van der Waals surface area (Å²) in [5.41, 5.74) is 4.46. The number of hydrogen-bond acceptors (Lipinski definition) is 7. The lowest BCUT2D eigenvalue weighted by molar-refractivity contribution is -0.0401. The molecule has 0 amide bonds. The second-order valence-electron chi connectivity index (χ2n) is 7.28. The number of anilines is 1. The van der Waals surface area contributed by atoms with Crippen LogP contribution in [0.4, 0.5) is 5.82 Å². The number of thiophene rings is 1. The van der Waals surface area contributed by atoms with Crippen molar-refractivity contribution < 1.29 is 9.84 Å². The highest BCUT2D eigenvalue weighted by Crippen LogP contribution is 2.42. The van der Waals surface area contributed by atoms with Crippen LogP contribution in [0, 0.1) is 0 Å². The molecule has 1 aliphatic heterocycles. The number of rotatable bonds is 5. The lowest BCUT2D eigenvalue weighted by Gasteiger charge is -2.33. The van der Waals surface area contributed by atoms with Crippen LogP contribution >= 0.6 is 11.3 Å². The van der Waals surface area contributed by atoms with E-state index in [1.54, 1.807) is 17.7 Å². The number of pyridine rings is 1. The molecule has 0 aliphatic carbocycles. The van der Waals surface area contributed by atoms with Crippen molar-refractivity contribution in [2.24, 2.45) is 0 Å². The van der Waals surface area contributed by atoms with Gasteiger partial charge in [-0.2, -0.15) is 0 Å². The summed E-state index contributed by atoms with van der Waals surface area (Å²) in [5.74, 6) is 0.824. The molecule has 0 radical (unpaired) electrons. The number of hydrogen-bond donors (Lipinski definition) is 2. The van der Waals surface area contributed by atoms with Crippen molar-refractivity contribution in [3.05, 3.63) is 23.1 Å². The molecule has 0 spiro atoms. The van der Waals surface area contributed by atoms with Crippen molar-refractivity contribution in [2.45, 2.75) is 52.2 Å². The lowest BCUT2D eigenvalue weighted by Crippen LogP contribution is -2.32. The van der Waals surface area contributed by atoms with Crippen molar-refractivity contribution in [1.29, 1.82) is 0 Å². The monoisotopic (exact) mass is 372 g/mol. The average Bonchev–Trinajstić information content (AvgIpc) is 3.00. The molecule has 1 aliphatic rings. The van der Waals surface area contributed by atoms with Gasteiger partial charge in [0.25, 0.3) is 0 Å². The van der Waals surface area contributed by atoms with E-state index in [-0.39, 0.29) is 12.2 Å². The maximum absolute atomic E-state index is 9.02. The van der Waals surface area contributed by atoms with Crippen LogP contribution in [0.5, 0.6) is 0 Å². The first kappa shape index (κ1) is 17.6. The highest BCUT2D eigenvalue weighted by Gasteiger charge is 2.31. The third kappa shape index (κ3) is 2.94. The van der Waals surface area contributed by atoms with E-state index in [0.717, 1.165) is 44.8 Å². The van der Waals surface area contributed by atoms with Crippen LogP contribution in [0.2, 0.25) is 0 Å². The van der Waals surface area contributed by atoms with Crippen molar-refractivity contribution in [3.8, 4) is 0 Å². The zero-order valence-corrected chi connectivity index (χ0v) is 16.2. The molecule has 26 heavy (non-hydrogen) atoms. The molecule has 138 valence electrons. The van der Waals surface area contributed by atoms with Gasteiger partial charge in [0.05, 0.1) is 22.4 Å². The van der Waals surface area contributed by atoms with Crippen LogP contribution in [-0.2, 0) is 24.2 Å². The van der Waals surface area contributed by atoms with Crippen LogP contribution in [0.15, 0.2) is 6.33 Å². The summed E-state index contributed by atoms with van der Waals surface area (Å²) in [5, 5.41) is 13.5. The predicted molar refractivity (Wildman–Crippen MR) is 105 cm³/mol. The first-order valence-corrected chi connectivity index (χ1v) is 9.92. The maximum atomic E-state index is 9.02. The first-order chi connectivity index (χ1) is 12.5. The zero-order valence-electron chi connectivity index (χ0n) is 15.4. The SMILES string of the molecule is CCc1nc2sc3c(NCCCO)ncnc3c2c2c1COC(C)(C)C2. The van der Waals surface area contributed by atoms with Gasteiger partial charge in [-0.1, -0.05) is 6.92 Å². The van der Waals surface area contributed by atoms with E-state index in [4.69, 9.17) is 14.8 Å². The molecular weight excluding hydrogens is 348 g/mol. The Hall–Kier alpha value is -1.83. The largest absolute Gasteiger partial charge is 0.396 e. The summed E-state index contributed by atoms with van der Waals surface area (Å²) in [6.45, 7) is 7.88. The number of aliphatic hydroxyl groups excluding tert-OH is 1. The Labute approximate surface area is 156 Å². The number of fused-ring (bicyclic) bond motifs is 5. The average molecular weight is 372 g/mol. The van der Waals surface area contributed by atoms with Crippen molar-refractivity contribution in [3.63, 3.8) is 0 Å². The van der Waals surface area contributed by atoms with Crippen molar-refractivity contribution in [2.75, 3.05) is 18.5 Å². The quantitative estimate of drug-likeness (QED) is 0.668. The normalized spacial score (nSPS) is 16.2. The molecule has 0 atom stereocenters. The van der Waals surface area contributed by atoms with Gasteiger partial charge in [-0.15, -0.1) is 11.3 Å².